The molecule has 6 nitrogen and oxygen atoms in total. The number of halogens is 1. The smallest absolute Gasteiger partial charge is 0.257 e. The van der Waals surface area contributed by atoms with Crippen LogP contribution in [0, 0.1) is 11.8 Å². The van der Waals surface area contributed by atoms with Crippen LogP contribution >= 0.6 is 12.4 Å². The first-order valence-electron chi connectivity index (χ1n) is 7.98. The van der Waals surface area contributed by atoms with Crippen molar-refractivity contribution in [1.29, 1.82) is 0 Å². The van der Waals surface area contributed by atoms with Gasteiger partial charge in [0.05, 0.1) is 26.9 Å². The Balaban J connectivity index is 0.00000208. The highest BCUT2D eigenvalue weighted by Gasteiger charge is 2.35. The summed E-state index contributed by atoms with van der Waals surface area (Å²) in [6, 6.07) is 3.50. The first-order valence-corrected chi connectivity index (χ1v) is 7.98. The number of benzene rings is 1. The van der Waals surface area contributed by atoms with Crippen LogP contribution in [0.4, 0.5) is 0 Å². The number of nitrogens with one attached hydrogen (secondary N) is 1. The van der Waals surface area contributed by atoms with Crippen molar-refractivity contribution in [1.82, 2.24) is 10.2 Å². The minimum Gasteiger partial charge on any atom is -0.493 e. The Hall–Kier alpha value is -1.66. The number of amides is 1. The minimum atomic E-state index is -0.00634. The molecule has 0 bridgehead atoms. The fourth-order valence-corrected chi connectivity index (χ4v) is 3.66. The molecule has 0 radical (unpaired) electrons. The van der Waals surface area contributed by atoms with Crippen molar-refractivity contribution in [2.75, 3.05) is 47.5 Å². The van der Waals surface area contributed by atoms with E-state index >= 15 is 0 Å². The van der Waals surface area contributed by atoms with Gasteiger partial charge in [-0.05, 0) is 43.5 Å². The molecule has 0 saturated carbocycles. The lowest BCUT2D eigenvalue weighted by molar-refractivity contribution is 0.0638. The maximum absolute atomic E-state index is 13.0. The molecule has 2 saturated heterocycles. The normalized spacial score (nSPS) is 22.4. The lowest BCUT2D eigenvalue weighted by Crippen LogP contribution is -2.43. The lowest BCUT2D eigenvalue weighted by Gasteiger charge is -2.34. The van der Waals surface area contributed by atoms with E-state index in [9.17, 15) is 4.79 Å². The van der Waals surface area contributed by atoms with Crippen LogP contribution in [0.25, 0.3) is 0 Å². The van der Waals surface area contributed by atoms with Crippen LogP contribution in [0.1, 0.15) is 16.8 Å². The standard InChI is InChI=1S/C17H24N2O4.ClH/c1-21-14-5-4-13(15(22-2)16(14)23-3)17(20)19-7-6-11-8-18-9-12(11)10-19;/h4-5,11-12,18H,6-10H2,1-3H3;1H. The van der Waals surface area contributed by atoms with E-state index in [0.29, 0.717) is 34.6 Å². The van der Waals surface area contributed by atoms with Crippen molar-refractivity contribution in [3.8, 4) is 17.2 Å². The SMILES string of the molecule is COc1ccc(C(=O)N2CCC3CNCC3C2)c(OC)c1OC.Cl. The molecule has 1 amide bonds. The number of carbonyl (C=O) groups excluding carboxylic acids is 1. The summed E-state index contributed by atoms with van der Waals surface area (Å²) in [7, 11) is 4.65. The lowest BCUT2D eigenvalue weighted by atomic mass is 9.88. The summed E-state index contributed by atoms with van der Waals surface area (Å²) in [6.45, 7) is 3.66. The van der Waals surface area contributed by atoms with Crippen LogP contribution in [0.3, 0.4) is 0 Å². The van der Waals surface area contributed by atoms with Gasteiger partial charge in [0.1, 0.15) is 0 Å². The van der Waals surface area contributed by atoms with E-state index in [2.05, 4.69) is 5.32 Å². The second kappa shape index (κ2) is 7.94. The van der Waals surface area contributed by atoms with Gasteiger partial charge in [0.15, 0.2) is 11.5 Å². The summed E-state index contributed by atoms with van der Waals surface area (Å²) in [6.07, 6.45) is 1.05. The first kappa shape index (κ1) is 18.7. The van der Waals surface area contributed by atoms with Gasteiger partial charge >= 0.3 is 0 Å². The number of rotatable bonds is 4. The zero-order valence-corrected chi connectivity index (χ0v) is 15.1. The molecule has 2 heterocycles. The predicted molar refractivity (Wildman–Crippen MR) is 93.7 cm³/mol. The number of fused-ring (bicyclic) bond motifs is 1. The Morgan fingerprint density at radius 3 is 2.46 bits per heavy atom. The van der Waals surface area contributed by atoms with Crippen LogP contribution in [0.15, 0.2) is 12.1 Å². The van der Waals surface area contributed by atoms with Gasteiger partial charge in [-0.15, -0.1) is 12.4 Å². The molecule has 2 aliphatic heterocycles. The summed E-state index contributed by atoms with van der Waals surface area (Å²) < 4.78 is 16.1. The molecular formula is C17H25ClN2O4. The molecule has 0 aromatic heterocycles. The molecule has 2 aliphatic rings. The number of ether oxygens (including phenoxy) is 3. The van der Waals surface area contributed by atoms with Crippen molar-refractivity contribution in [2.24, 2.45) is 11.8 Å². The van der Waals surface area contributed by atoms with Crippen LogP contribution in [-0.2, 0) is 0 Å². The molecular weight excluding hydrogens is 332 g/mol. The molecule has 1 N–H and O–H groups in total. The predicted octanol–water partition coefficient (Wildman–Crippen LogP) is 1.82. The molecule has 134 valence electrons. The highest BCUT2D eigenvalue weighted by molar-refractivity contribution is 5.98. The van der Waals surface area contributed by atoms with Gasteiger partial charge in [0.2, 0.25) is 5.75 Å². The maximum Gasteiger partial charge on any atom is 0.257 e. The quantitative estimate of drug-likeness (QED) is 0.891. The third-order valence-corrected chi connectivity index (χ3v) is 4.93. The molecule has 2 unspecified atom stereocenters. The van der Waals surface area contributed by atoms with Crippen molar-refractivity contribution in [3.05, 3.63) is 17.7 Å². The van der Waals surface area contributed by atoms with Crippen molar-refractivity contribution in [3.63, 3.8) is 0 Å². The Kier molecular flexibility index (Phi) is 6.18. The maximum atomic E-state index is 13.0. The first-order chi connectivity index (χ1) is 11.2. The van der Waals surface area contributed by atoms with Crippen molar-refractivity contribution >= 4 is 18.3 Å². The number of piperidine rings is 1. The Bertz CT molecular complexity index is 596. The summed E-state index contributed by atoms with van der Waals surface area (Å²) in [5.41, 5.74) is 0.523. The molecule has 2 fully saturated rings. The average molecular weight is 357 g/mol. The molecule has 0 spiro atoms. The monoisotopic (exact) mass is 356 g/mol. The van der Waals surface area contributed by atoms with Gasteiger partial charge in [-0.25, -0.2) is 0 Å². The van der Waals surface area contributed by atoms with E-state index in [0.717, 1.165) is 32.6 Å². The van der Waals surface area contributed by atoms with Crippen LogP contribution < -0.4 is 19.5 Å². The third kappa shape index (κ3) is 3.26. The fourth-order valence-electron chi connectivity index (χ4n) is 3.66. The minimum absolute atomic E-state index is 0. The topological polar surface area (TPSA) is 60.0 Å². The molecule has 3 rings (SSSR count). The molecule has 0 aliphatic carbocycles. The van der Waals surface area contributed by atoms with Gasteiger partial charge in [-0.1, -0.05) is 0 Å². The highest BCUT2D eigenvalue weighted by Crippen LogP contribution is 2.40. The summed E-state index contributed by atoms with van der Waals surface area (Å²) in [5, 5.41) is 3.42. The van der Waals surface area contributed by atoms with Gasteiger partial charge in [-0.2, -0.15) is 0 Å². The summed E-state index contributed by atoms with van der Waals surface area (Å²) in [5.74, 6) is 2.69. The Morgan fingerprint density at radius 2 is 1.79 bits per heavy atom. The number of hydrogen-bond acceptors (Lipinski definition) is 5. The number of carbonyl (C=O) groups is 1. The Morgan fingerprint density at radius 1 is 1.08 bits per heavy atom. The second-order valence-electron chi connectivity index (χ2n) is 6.10. The van der Waals surface area contributed by atoms with Gasteiger partial charge in [-0.3, -0.25) is 4.79 Å². The molecule has 2 atom stereocenters. The fraction of sp³-hybridized carbons (Fsp3) is 0.588. The van der Waals surface area contributed by atoms with Crippen molar-refractivity contribution in [2.45, 2.75) is 6.42 Å². The Labute approximate surface area is 148 Å². The second-order valence-corrected chi connectivity index (χ2v) is 6.10. The average Bonchev–Trinajstić information content (AvgIpc) is 3.07. The molecule has 1 aromatic carbocycles. The van der Waals surface area contributed by atoms with E-state index in [-0.39, 0.29) is 18.3 Å². The zero-order valence-electron chi connectivity index (χ0n) is 14.3. The van der Waals surface area contributed by atoms with E-state index in [4.69, 9.17) is 14.2 Å². The van der Waals surface area contributed by atoms with E-state index in [1.165, 1.54) is 0 Å². The van der Waals surface area contributed by atoms with Gasteiger partial charge in [0.25, 0.3) is 5.91 Å². The zero-order chi connectivity index (χ0) is 16.4. The summed E-state index contributed by atoms with van der Waals surface area (Å²) >= 11 is 0. The van der Waals surface area contributed by atoms with Crippen LogP contribution in [0.2, 0.25) is 0 Å². The van der Waals surface area contributed by atoms with Gasteiger partial charge < -0.3 is 24.4 Å². The van der Waals surface area contributed by atoms with Crippen molar-refractivity contribution < 1.29 is 19.0 Å². The molecule has 24 heavy (non-hydrogen) atoms. The molecule has 1 aromatic rings. The number of likely N-dealkylation sites (tertiary alicyclic amines) is 1. The largest absolute Gasteiger partial charge is 0.493 e. The van der Waals surface area contributed by atoms with Crippen LogP contribution in [-0.4, -0.2) is 58.3 Å². The van der Waals surface area contributed by atoms with E-state index in [1.54, 1.807) is 33.5 Å². The highest BCUT2D eigenvalue weighted by atomic mass is 35.5. The van der Waals surface area contributed by atoms with E-state index in [1.807, 2.05) is 4.90 Å². The number of nitrogens with zero attached hydrogens (tertiary/aromatic N) is 1. The molecule has 7 heteroatoms. The number of hydrogen-bond donors (Lipinski definition) is 1. The van der Waals surface area contributed by atoms with E-state index < -0.39 is 0 Å². The van der Waals surface area contributed by atoms with Gasteiger partial charge in [0, 0.05) is 13.1 Å². The number of methoxy groups -OCH3 is 3. The third-order valence-electron chi connectivity index (χ3n) is 4.93. The van der Waals surface area contributed by atoms with Crippen LogP contribution in [0.5, 0.6) is 17.2 Å². The summed E-state index contributed by atoms with van der Waals surface area (Å²) in [4.78, 5) is 14.9.